The van der Waals surface area contributed by atoms with E-state index in [0.29, 0.717) is 27.7 Å². The van der Waals surface area contributed by atoms with Gasteiger partial charge in [0.25, 0.3) is 11.5 Å². The number of carbonyl (C=O) groups is 3. The first-order valence-corrected chi connectivity index (χ1v) is 9.32. The van der Waals surface area contributed by atoms with Crippen LogP contribution in [0.3, 0.4) is 0 Å². The topological polar surface area (TPSA) is 107 Å². The first-order chi connectivity index (χ1) is 14.3. The van der Waals surface area contributed by atoms with Crippen molar-refractivity contribution in [2.75, 3.05) is 5.32 Å². The lowest BCUT2D eigenvalue weighted by Crippen LogP contribution is -2.31. The highest BCUT2D eigenvalue weighted by atomic mass is 16.5. The molecule has 1 N–H and O–H groups in total. The van der Waals surface area contributed by atoms with Crippen molar-refractivity contribution in [3.05, 3.63) is 70.1 Å². The Balaban J connectivity index is 1.67. The molecule has 154 valence electrons. The maximum Gasteiger partial charge on any atom is 0.312 e. The average Bonchev–Trinajstić information content (AvgIpc) is 2.72. The Kier molecular flexibility index (Phi) is 6.06. The van der Waals surface area contributed by atoms with Gasteiger partial charge in [-0.3, -0.25) is 19.2 Å². The lowest BCUT2D eigenvalue weighted by Gasteiger charge is -2.14. The molecule has 1 amide bonds. The smallest absolute Gasteiger partial charge is 0.312 e. The summed E-state index contributed by atoms with van der Waals surface area (Å²) in [6.07, 6.45) is -1.22. The number of fused-ring (bicyclic) bond motifs is 1. The molecule has 0 saturated heterocycles. The number of hydrogen-bond acceptors (Lipinski definition) is 6. The summed E-state index contributed by atoms with van der Waals surface area (Å²) in [7, 11) is 1.51. The number of benzene rings is 2. The monoisotopic (exact) mass is 407 g/mol. The molecule has 3 rings (SSSR count). The molecule has 1 aromatic heterocycles. The molecule has 8 heteroatoms. The molecule has 1 unspecified atom stereocenters. The fraction of sp³-hybridized carbons (Fsp3) is 0.227. The molecule has 0 aliphatic rings. The van der Waals surface area contributed by atoms with E-state index in [-0.39, 0.29) is 17.8 Å². The standard InChI is InChI=1S/C22H21N3O5/c1-13(26)15-8-10-16(11-9-15)23-21(28)14(2)30-20(27)12-19-17-6-4-5-7-18(17)22(29)25(3)24-19/h4-11,14H,12H2,1-3H3,(H,23,28). The number of ether oxygens (including phenoxy) is 1. The van der Waals surface area contributed by atoms with Crippen LogP contribution in [0.5, 0.6) is 0 Å². The minimum absolute atomic E-state index is 0.0743. The van der Waals surface area contributed by atoms with E-state index in [4.69, 9.17) is 4.74 Å². The van der Waals surface area contributed by atoms with Crippen molar-refractivity contribution in [3.63, 3.8) is 0 Å². The minimum atomic E-state index is -1.04. The van der Waals surface area contributed by atoms with Crippen molar-refractivity contribution in [3.8, 4) is 0 Å². The average molecular weight is 407 g/mol. The van der Waals surface area contributed by atoms with E-state index in [9.17, 15) is 19.2 Å². The lowest BCUT2D eigenvalue weighted by atomic mass is 10.1. The van der Waals surface area contributed by atoms with Gasteiger partial charge in [-0.05, 0) is 44.2 Å². The summed E-state index contributed by atoms with van der Waals surface area (Å²) < 4.78 is 6.41. The van der Waals surface area contributed by atoms with Crippen LogP contribution in [0, 0.1) is 0 Å². The molecule has 1 heterocycles. The van der Waals surface area contributed by atoms with Crippen molar-refractivity contribution in [1.29, 1.82) is 0 Å². The number of anilines is 1. The van der Waals surface area contributed by atoms with Crippen LogP contribution < -0.4 is 10.9 Å². The van der Waals surface area contributed by atoms with Gasteiger partial charge in [-0.2, -0.15) is 5.10 Å². The second kappa shape index (κ2) is 8.69. The van der Waals surface area contributed by atoms with Crippen molar-refractivity contribution in [2.45, 2.75) is 26.4 Å². The maximum absolute atomic E-state index is 12.4. The van der Waals surface area contributed by atoms with E-state index in [1.165, 1.54) is 25.6 Å². The van der Waals surface area contributed by atoms with E-state index in [0.717, 1.165) is 0 Å². The van der Waals surface area contributed by atoms with Gasteiger partial charge >= 0.3 is 5.97 Å². The number of nitrogens with zero attached hydrogens (tertiary/aromatic N) is 2. The number of carbonyl (C=O) groups excluding carboxylic acids is 3. The fourth-order valence-corrected chi connectivity index (χ4v) is 2.97. The van der Waals surface area contributed by atoms with Crippen LogP contribution in [-0.4, -0.2) is 33.5 Å². The molecule has 3 aromatic rings. The largest absolute Gasteiger partial charge is 0.452 e. The fourth-order valence-electron chi connectivity index (χ4n) is 2.97. The molecule has 0 aliphatic heterocycles. The Morgan fingerprint density at radius 1 is 1.07 bits per heavy atom. The van der Waals surface area contributed by atoms with Crippen LogP contribution >= 0.6 is 0 Å². The Labute approximate surface area is 172 Å². The van der Waals surface area contributed by atoms with Gasteiger partial charge in [-0.25, -0.2) is 4.68 Å². The summed E-state index contributed by atoms with van der Waals surface area (Å²) in [5, 5.41) is 7.82. The van der Waals surface area contributed by atoms with E-state index in [1.807, 2.05) is 0 Å². The SMILES string of the molecule is CC(=O)c1ccc(NC(=O)C(C)OC(=O)Cc2nn(C)c(=O)c3ccccc23)cc1. The number of esters is 1. The van der Waals surface area contributed by atoms with Crippen LogP contribution in [0.15, 0.2) is 53.3 Å². The molecular weight excluding hydrogens is 386 g/mol. The minimum Gasteiger partial charge on any atom is -0.452 e. The Morgan fingerprint density at radius 3 is 2.33 bits per heavy atom. The van der Waals surface area contributed by atoms with Crippen LogP contribution in [0.4, 0.5) is 5.69 Å². The van der Waals surface area contributed by atoms with Gasteiger partial charge in [0.2, 0.25) is 0 Å². The summed E-state index contributed by atoms with van der Waals surface area (Å²) in [6.45, 7) is 2.92. The van der Waals surface area contributed by atoms with E-state index < -0.39 is 18.0 Å². The van der Waals surface area contributed by atoms with Gasteiger partial charge in [0.15, 0.2) is 11.9 Å². The number of ketones is 1. The zero-order chi connectivity index (χ0) is 21.8. The molecule has 0 radical (unpaired) electrons. The predicted octanol–water partition coefficient (Wildman–Crippen LogP) is 2.25. The summed E-state index contributed by atoms with van der Waals surface area (Å²) >= 11 is 0. The number of Topliss-reactive ketones (excluding diaryl/α,β-unsaturated/α-hetero) is 1. The van der Waals surface area contributed by atoms with Crippen LogP contribution in [0.2, 0.25) is 0 Å². The Morgan fingerprint density at radius 2 is 1.70 bits per heavy atom. The summed E-state index contributed by atoms with van der Waals surface area (Å²) in [4.78, 5) is 48.2. The third-order valence-corrected chi connectivity index (χ3v) is 4.58. The summed E-state index contributed by atoms with van der Waals surface area (Å²) in [5.41, 5.74) is 1.15. The van der Waals surface area contributed by atoms with Crippen LogP contribution in [0.1, 0.15) is 29.9 Å². The molecule has 0 aliphatic carbocycles. The van der Waals surface area contributed by atoms with Gasteiger partial charge in [0.05, 0.1) is 17.5 Å². The quantitative estimate of drug-likeness (QED) is 0.496. The molecule has 0 spiro atoms. The Hall–Kier alpha value is -3.81. The molecule has 8 nitrogen and oxygen atoms in total. The van der Waals surface area contributed by atoms with E-state index >= 15 is 0 Å². The zero-order valence-electron chi connectivity index (χ0n) is 16.8. The highest BCUT2D eigenvalue weighted by Crippen LogP contribution is 2.15. The van der Waals surface area contributed by atoms with Crippen molar-refractivity contribution in [2.24, 2.45) is 7.05 Å². The Bertz CT molecular complexity index is 1180. The number of aryl methyl sites for hydroxylation is 1. The van der Waals surface area contributed by atoms with Gasteiger partial charge in [-0.15, -0.1) is 0 Å². The van der Waals surface area contributed by atoms with Gasteiger partial charge in [0, 0.05) is 23.7 Å². The second-order valence-corrected chi connectivity index (χ2v) is 6.85. The van der Waals surface area contributed by atoms with Gasteiger partial charge < -0.3 is 10.1 Å². The van der Waals surface area contributed by atoms with E-state index in [1.54, 1.807) is 48.5 Å². The lowest BCUT2D eigenvalue weighted by molar-refractivity contribution is -0.152. The maximum atomic E-state index is 12.4. The molecule has 0 saturated carbocycles. The predicted molar refractivity (Wildman–Crippen MR) is 111 cm³/mol. The molecule has 1 atom stereocenters. The van der Waals surface area contributed by atoms with Crippen LogP contribution in [0.25, 0.3) is 10.8 Å². The molecular formula is C22H21N3O5. The van der Waals surface area contributed by atoms with Gasteiger partial charge in [-0.1, -0.05) is 18.2 Å². The first-order valence-electron chi connectivity index (χ1n) is 9.32. The normalized spacial score (nSPS) is 11.7. The van der Waals surface area contributed by atoms with Crippen molar-refractivity contribution in [1.82, 2.24) is 9.78 Å². The number of rotatable bonds is 6. The number of aromatic nitrogens is 2. The third-order valence-electron chi connectivity index (χ3n) is 4.58. The summed E-state index contributed by atoms with van der Waals surface area (Å²) in [5.74, 6) is -1.21. The molecule has 30 heavy (non-hydrogen) atoms. The van der Waals surface area contributed by atoms with E-state index in [2.05, 4.69) is 10.4 Å². The molecule has 0 bridgehead atoms. The number of nitrogens with one attached hydrogen (secondary N) is 1. The number of hydrogen-bond donors (Lipinski definition) is 1. The zero-order valence-corrected chi connectivity index (χ0v) is 16.8. The summed E-state index contributed by atoms with van der Waals surface area (Å²) in [6, 6.07) is 13.3. The molecule has 0 fully saturated rings. The second-order valence-electron chi connectivity index (χ2n) is 6.85. The first kappa shape index (κ1) is 20.9. The molecule has 2 aromatic carbocycles. The number of amides is 1. The van der Waals surface area contributed by atoms with Crippen LogP contribution in [-0.2, 0) is 27.8 Å². The van der Waals surface area contributed by atoms with Gasteiger partial charge in [0.1, 0.15) is 0 Å². The van der Waals surface area contributed by atoms with Crippen molar-refractivity contribution >= 4 is 34.1 Å². The third kappa shape index (κ3) is 4.60. The van der Waals surface area contributed by atoms with Crippen molar-refractivity contribution < 1.29 is 19.1 Å². The highest BCUT2D eigenvalue weighted by molar-refractivity contribution is 5.97. The highest BCUT2D eigenvalue weighted by Gasteiger charge is 2.20.